The van der Waals surface area contributed by atoms with E-state index < -0.39 is 0 Å². The molecular formula is C11H15NO. The number of hydrogen-bond acceptors (Lipinski definition) is 2. The van der Waals surface area contributed by atoms with Crippen LogP contribution in [0.15, 0.2) is 24.3 Å². The second-order valence-corrected chi connectivity index (χ2v) is 3.59. The van der Waals surface area contributed by atoms with Gasteiger partial charge >= 0.3 is 0 Å². The van der Waals surface area contributed by atoms with E-state index in [4.69, 9.17) is 5.11 Å². The first kappa shape index (κ1) is 8.57. The fraction of sp³-hybridized carbons (Fsp3) is 0.455. The summed E-state index contributed by atoms with van der Waals surface area (Å²) in [4.78, 5) is 0. The number of phenols is 1. The van der Waals surface area contributed by atoms with Crippen LogP contribution in [0.3, 0.4) is 0 Å². The Morgan fingerprint density at radius 3 is 2.54 bits per heavy atom. The highest BCUT2D eigenvalue weighted by Crippen LogP contribution is 2.23. The van der Waals surface area contributed by atoms with Crippen molar-refractivity contribution in [3.63, 3.8) is 0 Å². The van der Waals surface area contributed by atoms with Crippen molar-refractivity contribution in [2.75, 3.05) is 6.54 Å². The van der Waals surface area contributed by atoms with Gasteiger partial charge in [-0.25, -0.2) is 0 Å². The first-order valence-corrected chi connectivity index (χ1v) is 4.88. The van der Waals surface area contributed by atoms with Gasteiger partial charge in [0, 0.05) is 6.04 Å². The standard InChI is InChI=1S/C11H15NO/c13-10-6-4-9(5-7-10)11-3-1-2-8-12-11/h4-7,11-13H,1-3,8H2/t11-/m1/s1. The fourth-order valence-corrected chi connectivity index (χ4v) is 1.84. The molecule has 1 atom stereocenters. The van der Waals surface area contributed by atoms with Gasteiger partial charge in [-0.1, -0.05) is 18.6 Å². The van der Waals surface area contributed by atoms with E-state index in [0.29, 0.717) is 11.8 Å². The highest BCUT2D eigenvalue weighted by atomic mass is 16.3. The zero-order valence-corrected chi connectivity index (χ0v) is 7.66. The Labute approximate surface area is 78.6 Å². The summed E-state index contributed by atoms with van der Waals surface area (Å²) >= 11 is 0. The van der Waals surface area contributed by atoms with Crippen LogP contribution in [0.25, 0.3) is 0 Å². The van der Waals surface area contributed by atoms with Gasteiger partial charge in [0.25, 0.3) is 0 Å². The quantitative estimate of drug-likeness (QED) is 0.689. The molecule has 0 spiro atoms. The molecule has 1 heterocycles. The lowest BCUT2D eigenvalue weighted by Crippen LogP contribution is -2.26. The summed E-state index contributed by atoms with van der Waals surface area (Å²) < 4.78 is 0. The maximum Gasteiger partial charge on any atom is 0.115 e. The summed E-state index contributed by atoms with van der Waals surface area (Å²) in [5.74, 6) is 0.347. The smallest absolute Gasteiger partial charge is 0.115 e. The zero-order valence-electron chi connectivity index (χ0n) is 7.66. The Balaban J connectivity index is 2.10. The van der Waals surface area contributed by atoms with Crippen LogP contribution in [0.1, 0.15) is 30.9 Å². The van der Waals surface area contributed by atoms with Gasteiger partial charge < -0.3 is 10.4 Å². The lowest BCUT2D eigenvalue weighted by atomic mass is 9.98. The van der Waals surface area contributed by atoms with Crippen molar-refractivity contribution in [1.82, 2.24) is 5.32 Å². The molecule has 2 rings (SSSR count). The van der Waals surface area contributed by atoms with E-state index in [-0.39, 0.29) is 0 Å². The van der Waals surface area contributed by atoms with Crippen molar-refractivity contribution in [1.29, 1.82) is 0 Å². The minimum atomic E-state index is 0.347. The van der Waals surface area contributed by atoms with Crippen LogP contribution < -0.4 is 5.32 Å². The molecule has 1 aromatic carbocycles. The minimum Gasteiger partial charge on any atom is -0.508 e. The zero-order chi connectivity index (χ0) is 9.10. The molecule has 0 unspecified atom stereocenters. The Bertz CT molecular complexity index is 262. The highest BCUT2D eigenvalue weighted by Gasteiger charge is 2.13. The molecule has 1 aliphatic rings. The molecule has 13 heavy (non-hydrogen) atoms. The Morgan fingerprint density at radius 1 is 1.15 bits per heavy atom. The van der Waals surface area contributed by atoms with Gasteiger partial charge in [0.1, 0.15) is 5.75 Å². The number of phenolic OH excluding ortho intramolecular Hbond substituents is 1. The maximum absolute atomic E-state index is 9.13. The second kappa shape index (κ2) is 3.79. The fourth-order valence-electron chi connectivity index (χ4n) is 1.84. The molecule has 2 heteroatoms. The molecule has 70 valence electrons. The second-order valence-electron chi connectivity index (χ2n) is 3.59. The van der Waals surface area contributed by atoms with Crippen LogP contribution in [0.2, 0.25) is 0 Å². The molecular weight excluding hydrogens is 162 g/mol. The van der Waals surface area contributed by atoms with E-state index in [1.807, 2.05) is 12.1 Å². The van der Waals surface area contributed by atoms with Crippen molar-refractivity contribution < 1.29 is 5.11 Å². The summed E-state index contributed by atoms with van der Waals surface area (Å²) in [5.41, 5.74) is 1.29. The summed E-state index contributed by atoms with van der Waals surface area (Å²) in [6.07, 6.45) is 3.80. The van der Waals surface area contributed by atoms with Crippen LogP contribution >= 0.6 is 0 Å². The Morgan fingerprint density at radius 2 is 1.92 bits per heavy atom. The van der Waals surface area contributed by atoms with Crippen LogP contribution in [-0.4, -0.2) is 11.7 Å². The Kier molecular flexibility index (Phi) is 2.50. The van der Waals surface area contributed by atoms with Gasteiger partial charge in [-0.15, -0.1) is 0 Å². The molecule has 2 nitrogen and oxygen atoms in total. The third-order valence-corrected chi connectivity index (χ3v) is 2.61. The van der Waals surface area contributed by atoms with E-state index in [2.05, 4.69) is 5.32 Å². The molecule has 0 bridgehead atoms. The average Bonchev–Trinajstić information content (AvgIpc) is 2.20. The van der Waals surface area contributed by atoms with E-state index >= 15 is 0 Å². The third kappa shape index (κ3) is 2.01. The van der Waals surface area contributed by atoms with Gasteiger partial charge in [0.2, 0.25) is 0 Å². The molecule has 1 saturated heterocycles. The highest BCUT2D eigenvalue weighted by molar-refractivity contribution is 5.28. The average molecular weight is 177 g/mol. The van der Waals surface area contributed by atoms with Crippen LogP contribution in [0.5, 0.6) is 5.75 Å². The van der Waals surface area contributed by atoms with Crippen molar-refractivity contribution in [3.05, 3.63) is 29.8 Å². The predicted octanol–water partition coefficient (Wildman–Crippen LogP) is 2.21. The molecule has 1 aliphatic heterocycles. The number of rotatable bonds is 1. The third-order valence-electron chi connectivity index (χ3n) is 2.61. The van der Waals surface area contributed by atoms with Gasteiger partial charge in [0.05, 0.1) is 0 Å². The first-order valence-electron chi connectivity index (χ1n) is 4.88. The first-order chi connectivity index (χ1) is 6.36. The molecule has 0 radical (unpaired) electrons. The van der Waals surface area contributed by atoms with Crippen LogP contribution in [-0.2, 0) is 0 Å². The number of hydrogen-bond donors (Lipinski definition) is 2. The largest absolute Gasteiger partial charge is 0.508 e. The van der Waals surface area contributed by atoms with Crippen molar-refractivity contribution >= 4 is 0 Å². The van der Waals surface area contributed by atoms with E-state index in [1.54, 1.807) is 12.1 Å². The van der Waals surface area contributed by atoms with Gasteiger partial charge in [-0.3, -0.25) is 0 Å². The molecule has 0 aliphatic carbocycles. The normalized spacial score (nSPS) is 22.9. The molecule has 0 saturated carbocycles. The summed E-state index contributed by atoms with van der Waals surface area (Å²) in [7, 11) is 0. The van der Waals surface area contributed by atoms with Crippen molar-refractivity contribution in [3.8, 4) is 5.75 Å². The van der Waals surface area contributed by atoms with Gasteiger partial charge in [0.15, 0.2) is 0 Å². The molecule has 1 aromatic rings. The number of aromatic hydroxyl groups is 1. The van der Waals surface area contributed by atoms with Crippen molar-refractivity contribution in [2.24, 2.45) is 0 Å². The topological polar surface area (TPSA) is 32.3 Å². The number of piperidine rings is 1. The lowest BCUT2D eigenvalue weighted by molar-refractivity contribution is 0.411. The van der Waals surface area contributed by atoms with Crippen LogP contribution in [0, 0.1) is 0 Å². The number of benzene rings is 1. The number of nitrogens with one attached hydrogen (secondary N) is 1. The molecule has 0 amide bonds. The van der Waals surface area contributed by atoms with E-state index in [0.717, 1.165) is 6.54 Å². The monoisotopic (exact) mass is 177 g/mol. The SMILES string of the molecule is Oc1ccc([C@H]2CCCCN2)cc1. The van der Waals surface area contributed by atoms with Gasteiger partial charge in [-0.05, 0) is 37.1 Å². The van der Waals surface area contributed by atoms with Crippen LogP contribution in [0.4, 0.5) is 0 Å². The summed E-state index contributed by atoms with van der Waals surface area (Å²) in [6, 6.07) is 8.00. The summed E-state index contributed by atoms with van der Waals surface area (Å²) in [5, 5.41) is 12.6. The van der Waals surface area contributed by atoms with Crippen molar-refractivity contribution in [2.45, 2.75) is 25.3 Å². The molecule has 2 N–H and O–H groups in total. The summed E-state index contributed by atoms with van der Waals surface area (Å²) in [6.45, 7) is 1.12. The lowest BCUT2D eigenvalue weighted by Gasteiger charge is -2.23. The maximum atomic E-state index is 9.13. The van der Waals surface area contributed by atoms with E-state index in [9.17, 15) is 0 Å². The Hall–Kier alpha value is -1.02. The minimum absolute atomic E-state index is 0.347. The molecule has 1 fully saturated rings. The van der Waals surface area contributed by atoms with Gasteiger partial charge in [-0.2, -0.15) is 0 Å². The van der Waals surface area contributed by atoms with E-state index in [1.165, 1.54) is 24.8 Å². The predicted molar refractivity (Wildman–Crippen MR) is 52.7 cm³/mol. The molecule has 0 aromatic heterocycles.